The van der Waals surface area contributed by atoms with Gasteiger partial charge < -0.3 is 9.84 Å². The van der Waals surface area contributed by atoms with Crippen LogP contribution in [-0.4, -0.2) is 48.5 Å². The van der Waals surface area contributed by atoms with Crippen molar-refractivity contribution < 1.29 is 9.84 Å². The molecule has 0 amide bonds. The summed E-state index contributed by atoms with van der Waals surface area (Å²) in [5, 5.41) is 9.49. The van der Waals surface area contributed by atoms with Gasteiger partial charge in [0.25, 0.3) is 0 Å². The van der Waals surface area contributed by atoms with Gasteiger partial charge in [-0.05, 0) is 44.6 Å². The molecule has 4 unspecified atom stereocenters. The van der Waals surface area contributed by atoms with Crippen molar-refractivity contribution in [1.29, 1.82) is 0 Å². The normalized spacial score (nSPS) is 41.4. The van der Waals surface area contributed by atoms with Crippen molar-refractivity contribution in [2.24, 2.45) is 5.92 Å². The average Bonchev–Trinajstić information content (AvgIpc) is 2.70. The number of nitrogens with zero attached hydrogens (tertiary/aromatic N) is 1. The van der Waals surface area contributed by atoms with Crippen LogP contribution >= 0.6 is 0 Å². The molecular formula is C13H25NO2. The number of likely N-dealkylation sites (tertiary alicyclic amines) is 1. The molecule has 3 nitrogen and oxygen atoms in total. The van der Waals surface area contributed by atoms with Crippen LogP contribution in [0.3, 0.4) is 0 Å². The van der Waals surface area contributed by atoms with E-state index in [2.05, 4.69) is 11.8 Å². The lowest BCUT2D eigenvalue weighted by Crippen LogP contribution is -2.45. The van der Waals surface area contributed by atoms with E-state index in [1.807, 2.05) is 7.11 Å². The molecule has 2 aliphatic rings. The Labute approximate surface area is 98.8 Å². The van der Waals surface area contributed by atoms with E-state index >= 15 is 0 Å². The Kier molecular flexibility index (Phi) is 4.22. The van der Waals surface area contributed by atoms with E-state index in [1.165, 1.54) is 25.7 Å². The molecule has 0 aromatic rings. The highest BCUT2D eigenvalue weighted by atomic mass is 16.5. The van der Waals surface area contributed by atoms with E-state index in [9.17, 15) is 5.11 Å². The van der Waals surface area contributed by atoms with Gasteiger partial charge in [-0.3, -0.25) is 4.90 Å². The molecule has 0 bridgehead atoms. The minimum Gasteiger partial charge on any atom is -0.395 e. The maximum Gasteiger partial charge on any atom is 0.0589 e. The summed E-state index contributed by atoms with van der Waals surface area (Å²) in [6, 6.07) is 1.03. The lowest BCUT2D eigenvalue weighted by molar-refractivity contribution is 0.0128. The van der Waals surface area contributed by atoms with Gasteiger partial charge in [-0.2, -0.15) is 0 Å². The van der Waals surface area contributed by atoms with Gasteiger partial charge in [-0.25, -0.2) is 0 Å². The molecule has 94 valence electrons. The number of ether oxygens (including phenoxy) is 1. The summed E-state index contributed by atoms with van der Waals surface area (Å²) < 4.78 is 5.49. The van der Waals surface area contributed by atoms with Crippen LogP contribution < -0.4 is 0 Å². The van der Waals surface area contributed by atoms with Crippen molar-refractivity contribution in [2.45, 2.75) is 57.2 Å². The summed E-state index contributed by atoms with van der Waals surface area (Å²) >= 11 is 0. The zero-order chi connectivity index (χ0) is 11.5. The van der Waals surface area contributed by atoms with Crippen LogP contribution in [-0.2, 0) is 4.74 Å². The van der Waals surface area contributed by atoms with Gasteiger partial charge in [0.2, 0.25) is 0 Å². The third kappa shape index (κ3) is 2.41. The van der Waals surface area contributed by atoms with Gasteiger partial charge in [0, 0.05) is 19.2 Å². The third-order valence-corrected chi connectivity index (χ3v) is 4.51. The van der Waals surface area contributed by atoms with E-state index < -0.39 is 0 Å². The lowest BCUT2D eigenvalue weighted by Gasteiger charge is -2.38. The number of rotatable bonds is 3. The van der Waals surface area contributed by atoms with Crippen LogP contribution in [0.4, 0.5) is 0 Å². The van der Waals surface area contributed by atoms with Crippen LogP contribution in [0.5, 0.6) is 0 Å². The minimum absolute atomic E-state index is 0.315. The number of aliphatic hydroxyl groups is 1. The van der Waals surface area contributed by atoms with Crippen LogP contribution in [0, 0.1) is 5.92 Å². The highest BCUT2D eigenvalue weighted by Crippen LogP contribution is 2.32. The summed E-state index contributed by atoms with van der Waals surface area (Å²) in [7, 11) is 1.82. The van der Waals surface area contributed by atoms with E-state index in [1.54, 1.807) is 0 Å². The molecule has 0 aromatic carbocycles. The van der Waals surface area contributed by atoms with Crippen molar-refractivity contribution in [3.05, 3.63) is 0 Å². The average molecular weight is 227 g/mol. The Balaban J connectivity index is 1.95. The minimum atomic E-state index is 0.315. The first-order valence-electron chi connectivity index (χ1n) is 6.65. The monoisotopic (exact) mass is 227 g/mol. The summed E-state index contributed by atoms with van der Waals surface area (Å²) in [6.45, 7) is 3.74. The molecule has 1 N–H and O–H groups in total. The first-order valence-corrected chi connectivity index (χ1v) is 6.65. The molecule has 1 heterocycles. The lowest BCUT2D eigenvalue weighted by atomic mass is 9.91. The largest absolute Gasteiger partial charge is 0.395 e. The fourth-order valence-electron chi connectivity index (χ4n) is 3.41. The van der Waals surface area contributed by atoms with Gasteiger partial charge in [0.05, 0.1) is 12.7 Å². The first-order chi connectivity index (χ1) is 7.76. The van der Waals surface area contributed by atoms with Crippen molar-refractivity contribution >= 4 is 0 Å². The fraction of sp³-hybridized carbons (Fsp3) is 1.00. The van der Waals surface area contributed by atoms with Gasteiger partial charge in [-0.1, -0.05) is 6.92 Å². The maximum atomic E-state index is 9.49. The van der Waals surface area contributed by atoms with Crippen molar-refractivity contribution in [2.75, 3.05) is 20.3 Å². The third-order valence-electron chi connectivity index (χ3n) is 4.51. The van der Waals surface area contributed by atoms with E-state index in [4.69, 9.17) is 4.74 Å². The zero-order valence-electron chi connectivity index (χ0n) is 10.6. The number of aliphatic hydroxyl groups excluding tert-OH is 1. The van der Waals surface area contributed by atoms with Crippen molar-refractivity contribution in [3.63, 3.8) is 0 Å². The Morgan fingerprint density at radius 1 is 1.31 bits per heavy atom. The molecule has 0 aromatic heterocycles. The van der Waals surface area contributed by atoms with Crippen LogP contribution in [0.2, 0.25) is 0 Å². The van der Waals surface area contributed by atoms with Crippen molar-refractivity contribution in [1.82, 2.24) is 4.90 Å². The molecule has 2 rings (SSSR count). The fourth-order valence-corrected chi connectivity index (χ4v) is 3.41. The molecule has 4 atom stereocenters. The first kappa shape index (κ1) is 12.3. The quantitative estimate of drug-likeness (QED) is 0.795. The molecule has 3 heteroatoms. The Bertz CT molecular complexity index is 222. The Hall–Kier alpha value is -0.120. The van der Waals surface area contributed by atoms with Gasteiger partial charge >= 0.3 is 0 Å². The van der Waals surface area contributed by atoms with E-state index in [-0.39, 0.29) is 0 Å². The predicted octanol–water partition coefficient (Wildman–Crippen LogP) is 1.65. The van der Waals surface area contributed by atoms with Crippen LogP contribution in [0.25, 0.3) is 0 Å². The second-order valence-corrected chi connectivity index (χ2v) is 5.43. The van der Waals surface area contributed by atoms with E-state index in [0.717, 1.165) is 13.0 Å². The summed E-state index contributed by atoms with van der Waals surface area (Å²) in [6.07, 6.45) is 6.59. The molecule has 0 spiro atoms. The van der Waals surface area contributed by atoms with Crippen LogP contribution in [0.15, 0.2) is 0 Å². The van der Waals surface area contributed by atoms with Gasteiger partial charge in [0.1, 0.15) is 0 Å². The number of hydrogen-bond donors (Lipinski definition) is 1. The SMILES string of the molecule is COC1CCCC(N2CCC(C)C2CO)C1. The van der Waals surface area contributed by atoms with Gasteiger partial charge in [0.15, 0.2) is 0 Å². The molecule has 1 saturated carbocycles. The molecule has 16 heavy (non-hydrogen) atoms. The molecular weight excluding hydrogens is 202 g/mol. The van der Waals surface area contributed by atoms with Gasteiger partial charge in [-0.15, -0.1) is 0 Å². The second kappa shape index (κ2) is 5.48. The molecule has 2 fully saturated rings. The molecule has 1 saturated heterocycles. The van der Waals surface area contributed by atoms with Crippen molar-refractivity contribution in [3.8, 4) is 0 Å². The van der Waals surface area contributed by atoms with E-state index in [0.29, 0.717) is 30.7 Å². The standard InChI is InChI=1S/C13H25NO2/c1-10-6-7-14(13(10)9-15)11-4-3-5-12(8-11)16-2/h10-13,15H,3-9H2,1-2H3. The highest BCUT2D eigenvalue weighted by Gasteiger charge is 2.37. The highest BCUT2D eigenvalue weighted by molar-refractivity contribution is 4.91. The summed E-state index contributed by atoms with van der Waals surface area (Å²) in [5.74, 6) is 0.646. The summed E-state index contributed by atoms with van der Waals surface area (Å²) in [4.78, 5) is 2.54. The summed E-state index contributed by atoms with van der Waals surface area (Å²) in [5.41, 5.74) is 0. The zero-order valence-corrected chi connectivity index (χ0v) is 10.6. The topological polar surface area (TPSA) is 32.7 Å². The Morgan fingerprint density at radius 2 is 2.12 bits per heavy atom. The smallest absolute Gasteiger partial charge is 0.0589 e. The second-order valence-electron chi connectivity index (χ2n) is 5.43. The number of hydrogen-bond acceptors (Lipinski definition) is 3. The molecule has 1 aliphatic carbocycles. The number of methoxy groups -OCH3 is 1. The molecule has 0 radical (unpaired) electrons. The predicted molar refractivity (Wildman–Crippen MR) is 64.4 cm³/mol. The molecule has 1 aliphatic heterocycles. The Morgan fingerprint density at radius 3 is 2.81 bits per heavy atom. The van der Waals surface area contributed by atoms with Crippen LogP contribution in [0.1, 0.15) is 39.0 Å². The maximum absolute atomic E-state index is 9.49.